The number of aryl methyl sites for hydroxylation is 1. The van der Waals surface area contributed by atoms with Gasteiger partial charge in [-0.1, -0.05) is 36.4 Å². The zero-order valence-electron chi connectivity index (χ0n) is 13.9. The van der Waals surface area contributed by atoms with E-state index in [2.05, 4.69) is 65.1 Å². The Morgan fingerprint density at radius 3 is 2.58 bits per heavy atom. The van der Waals surface area contributed by atoms with Crippen LogP contribution in [-0.2, 0) is 7.05 Å². The summed E-state index contributed by atoms with van der Waals surface area (Å²) in [6.45, 7) is 1.53. The minimum absolute atomic E-state index is 0.725. The molecular weight excluding hydrogens is 296 g/mol. The molecule has 0 aliphatic carbocycles. The summed E-state index contributed by atoms with van der Waals surface area (Å²) < 4.78 is 2.23. The fourth-order valence-corrected chi connectivity index (χ4v) is 3.45. The van der Waals surface area contributed by atoms with Gasteiger partial charge in [0, 0.05) is 29.9 Å². The van der Waals surface area contributed by atoms with E-state index in [1.807, 2.05) is 0 Å². The van der Waals surface area contributed by atoms with E-state index in [1.54, 1.807) is 0 Å². The number of hydrogen-bond donors (Lipinski definition) is 2. The van der Waals surface area contributed by atoms with E-state index in [1.165, 1.54) is 21.7 Å². The Kier molecular flexibility index (Phi) is 3.82. The highest BCUT2D eigenvalue weighted by Gasteiger charge is 2.12. The average molecular weight is 318 g/mol. The molecule has 4 heteroatoms. The number of fused-ring (bicyclic) bond motifs is 4. The molecule has 0 radical (unpaired) electrons. The lowest BCUT2D eigenvalue weighted by Gasteiger charge is -2.09. The number of rotatable bonds is 4. The van der Waals surface area contributed by atoms with Crippen molar-refractivity contribution in [1.82, 2.24) is 9.55 Å². The van der Waals surface area contributed by atoms with Gasteiger partial charge in [0.15, 0.2) is 0 Å². The number of aromatic nitrogens is 2. The quantitative estimate of drug-likeness (QED) is 0.556. The fraction of sp³-hybridized carbons (Fsp3) is 0.250. The first kappa shape index (κ1) is 15.0. The van der Waals surface area contributed by atoms with Crippen LogP contribution in [0.1, 0.15) is 12.8 Å². The number of aromatic amines is 1. The third-order valence-corrected chi connectivity index (χ3v) is 4.66. The molecule has 0 aliphatic heterocycles. The van der Waals surface area contributed by atoms with Crippen LogP contribution in [-0.4, -0.2) is 22.6 Å². The van der Waals surface area contributed by atoms with Crippen molar-refractivity contribution in [3.63, 3.8) is 0 Å². The summed E-state index contributed by atoms with van der Waals surface area (Å²) in [5, 5.41) is 4.73. The van der Waals surface area contributed by atoms with E-state index in [0.29, 0.717) is 0 Å². The van der Waals surface area contributed by atoms with E-state index in [4.69, 9.17) is 10.7 Å². The van der Waals surface area contributed by atoms with Crippen LogP contribution >= 0.6 is 0 Å². The van der Waals surface area contributed by atoms with Gasteiger partial charge in [0.2, 0.25) is 0 Å². The van der Waals surface area contributed by atoms with Gasteiger partial charge in [0.05, 0.1) is 16.3 Å². The van der Waals surface area contributed by atoms with Gasteiger partial charge in [-0.2, -0.15) is 0 Å². The second-order valence-corrected chi connectivity index (χ2v) is 6.20. The molecule has 0 spiro atoms. The summed E-state index contributed by atoms with van der Waals surface area (Å²) in [5.41, 5.74) is 9.07. The third kappa shape index (κ3) is 2.31. The molecule has 0 atom stereocenters. The molecule has 24 heavy (non-hydrogen) atoms. The lowest BCUT2D eigenvalue weighted by atomic mass is 10.1. The number of nitrogens with one attached hydrogen (secondary N) is 1. The van der Waals surface area contributed by atoms with Crippen LogP contribution in [0.2, 0.25) is 0 Å². The van der Waals surface area contributed by atoms with Gasteiger partial charge in [-0.3, -0.25) is 4.99 Å². The van der Waals surface area contributed by atoms with Crippen LogP contribution in [0.5, 0.6) is 0 Å². The highest BCUT2D eigenvalue weighted by molar-refractivity contribution is 6.09. The molecule has 0 amide bonds. The van der Waals surface area contributed by atoms with Crippen molar-refractivity contribution in [2.75, 3.05) is 13.1 Å². The Morgan fingerprint density at radius 2 is 1.75 bits per heavy atom. The number of benzene rings is 2. The first-order valence-corrected chi connectivity index (χ1v) is 8.50. The molecule has 0 saturated carbocycles. The first-order valence-electron chi connectivity index (χ1n) is 8.50. The molecule has 4 aromatic rings. The SMILES string of the molecule is Cn1c2ccccc2c(=NCCCCN)c2c3ccccc3[nH]c21. The Bertz CT molecular complexity index is 1090. The summed E-state index contributed by atoms with van der Waals surface area (Å²) in [6.07, 6.45) is 2.04. The standard InChI is InChI=1S/C20H22N4/c1-24-17-11-5-3-9-15(17)19(22-13-7-6-12-21)18-14-8-2-4-10-16(14)23-20(18)24/h2-5,8-11,23H,6-7,12-13,21H2,1H3. The van der Waals surface area contributed by atoms with Crippen molar-refractivity contribution in [2.45, 2.75) is 12.8 Å². The highest BCUT2D eigenvalue weighted by atomic mass is 15.0. The summed E-state index contributed by atoms with van der Waals surface area (Å²) in [4.78, 5) is 8.54. The number of hydrogen-bond acceptors (Lipinski definition) is 2. The zero-order valence-corrected chi connectivity index (χ0v) is 13.9. The van der Waals surface area contributed by atoms with Crippen molar-refractivity contribution in [3.8, 4) is 0 Å². The molecule has 0 aliphatic rings. The molecule has 0 unspecified atom stereocenters. The zero-order chi connectivity index (χ0) is 16.5. The molecule has 0 saturated heterocycles. The van der Waals surface area contributed by atoms with Crippen molar-refractivity contribution >= 4 is 32.8 Å². The predicted molar refractivity (Wildman–Crippen MR) is 101 cm³/mol. The van der Waals surface area contributed by atoms with Crippen LogP contribution in [0.4, 0.5) is 0 Å². The predicted octanol–water partition coefficient (Wildman–Crippen LogP) is 3.45. The van der Waals surface area contributed by atoms with E-state index >= 15 is 0 Å². The number of para-hydroxylation sites is 2. The topological polar surface area (TPSA) is 59.1 Å². The largest absolute Gasteiger partial charge is 0.341 e. The summed E-state index contributed by atoms with van der Waals surface area (Å²) in [6, 6.07) is 16.9. The maximum atomic E-state index is 5.62. The Hall–Kier alpha value is -2.59. The maximum absolute atomic E-state index is 5.62. The molecular formula is C20H22N4. The van der Waals surface area contributed by atoms with Crippen molar-refractivity contribution in [2.24, 2.45) is 17.8 Å². The minimum Gasteiger partial charge on any atom is -0.341 e. The van der Waals surface area contributed by atoms with Crippen molar-refractivity contribution in [1.29, 1.82) is 0 Å². The number of nitrogens with two attached hydrogens (primary N) is 1. The number of unbranched alkanes of at least 4 members (excludes halogenated alkanes) is 1. The monoisotopic (exact) mass is 318 g/mol. The van der Waals surface area contributed by atoms with Gasteiger partial charge >= 0.3 is 0 Å². The highest BCUT2D eigenvalue weighted by Crippen LogP contribution is 2.25. The second-order valence-electron chi connectivity index (χ2n) is 6.20. The molecule has 0 bridgehead atoms. The van der Waals surface area contributed by atoms with Crippen LogP contribution in [0.25, 0.3) is 32.8 Å². The fourth-order valence-electron chi connectivity index (χ4n) is 3.45. The third-order valence-electron chi connectivity index (χ3n) is 4.66. The molecule has 2 aromatic heterocycles. The summed E-state index contributed by atoms with van der Waals surface area (Å²) >= 11 is 0. The normalized spacial score (nSPS) is 12.7. The van der Waals surface area contributed by atoms with Crippen LogP contribution in [0.3, 0.4) is 0 Å². The summed E-state index contributed by atoms with van der Waals surface area (Å²) in [5.74, 6) is 0. The number of nitrogens with zero attached hydrogens (tertiary/aromatic N) is 2. The molecule has 3 N–H and O–H groups in total. The maximum Gasteiger partial charge on any atom is 0.120 e. The van der Waals surface area contributed by atoms with Crippen LogP contribution in [0.15, 0.2) is 53.5 Å². The molecule has 2 aromatic carbocycles. The van der Waals surface area contributed by atoms with Gasteiger partial charge in [-0.15, -0.1) is 0 Å². The van der Waals surface area contributed by atoms with Gasteiger partial charge in [0.25, 0.3) is 0 Å². The summed E-state index contributed by atoms with van der Waals surface area (Å²) in [7, 11) is 2.11. The molecule has 0 fully saturated rings. The van der Waals surface area contributed by atoms with Gasteiger partial charge in [-0.05, 0) is 31.5 Å². The smallest absolute Gasteiger partial charge is 0.120 e. The van der Waals surface area contributed by atoms with E-state index in [-0.39, 0.29) is 0 Å². The number of pyridine rings is 1. The van der Waals surface area contributed by atoms with Crippen molar-refractivity contribution in [3.05, 3.63) is 53.9 Å². The molecule has 122 valence electrons. The Morgan fingerprint density at radius 1 is 1.00 bits per heavy atom. The van der Waals surface area contributed by atoms with E-state index < -0.39 is 0 Å². The van der Waals surface area contributed by atoms with E-state index in [0.717, 1.165) is 42.5 Å². The van der Waals surface area contributed by atoms with Crippen LogP contribution < -0.4 is 11.1 Å². The molecule has 4 nitrogen and oxygen atoms in total. The lowest BCUT2D eigenvalue weighted by Crippen LogP contribution is -2.11. The lowest BCUT2D eigenvalue weighted by molar-refractivity contribution is 0.748. The average Bonchev–Trinajstić information content (AvgIpc) is 3.01. The Balaban J connectivity index is 2.13. The van der Waals surface area contributed by atoms with E-state index in [9.17, 15) is 0 Å². The molecule has 4 rings (SSSR count). The van der Waals surface area contributed by atoms with Gasteiger partial charge in [-0.25, -0.2) is 0 Å². The van der Waals surface area contributed by atoms with Crippen LogP contribution in [0, 0.1) is 0 Å². The Labute approximate surface area is 140 Å². The minimum atomic E-state index is 0.725. The molecule has 2 heterocycles. The second kappa shape index (κ2) is 6.13. The van der Waals surface area contributed by atoms with Gasteiger partial charge in [0.1, 0.15) is 5.65 Å². The first-order chi connectivity index (χ1) is 11.8. The van der Waals surface area contributed by atoms with Gasteiger partial charge < -0.3 is 15.3 Å². The van der Waals surface area contributed by atoms with Crippen molar-refractivity contribution < 1.29 is 0 Å². The number of H-pyrrole nitrogens is 1.